The molecule has 20 heavy (non-hydrogen) atoms. The minimum absolute atomic E-state index is 0.297. The fourth-order valence-electron chi connectivity index (χ4n) is 1.67. The lowest BCUT2D eigenvalue weighted by molar-refractivity contribution is -0.146. The number of carbonyl (C=O) groups is 1. The first-order valence-corrected chi connectivity index (χ1v) is 6.12. The van der Waals surface area contributed by atoms with Crippen LogP contribution < -0.4 is 4.74 Å². The van der Waals surface area contributed by atoms with E-state index in [2.05, 4.69) is 15.5 Å². The van der Waals surface area contributed by atoms with Crippen LogP contribution in [0.25, 0.3) is 11.4 Å². The van der Waals surface area contributed by atoms with Crippen molar-refractivity contribution in [3.8, 4) is 17.1 Å². The van der Waals surface area contributed by atoms with Crippen molar-refractivity contribution >= 4 is 17.6 Å². The number of methoxy groups -OCH3 is 1. The maximum absolute atomic E-state index is 11.3. The predicted molar refractivity (Wildman–Crippen MR) is 71.8 cm³/mol. The van der Waals surface area contributed by atoms with Gasteiger partial charge >= 0.3 is 5.97 Å². The van der Waals surface area contributed by atoms with Crippen molar-refractivity contribution in [2.24, 2.45) is 0 Å². The van der Waals surface area contributed by atoms with E-state index in [1.807, 2.05) is 0 Å². The molecule has 0 aliphatic heterocycles. The summed E-state index contributed by atoms with van der Waals surface area (Å²) < 4.78 is 6.47. The van der Waals surface area contributed by atoms with Crippen LogP contribution in [0.5, 0.6) is 5.75 Å². The molecule has 2 aromatic rings. The second-order valence-corrected chi connectivity index (χ2v) is 5.06. The Bertz CT molecular complexity index is 654. The first-order valence-electron chi connectivity index (χ1n) is 5.74. The highest BCUT2D eigenvalue weighted by molar-refractivity contribution is 6.30. The van der Waals surface area contributed by atoms with Crippen LogP contribution in [0.2, 0.25) is 5.02 Å². The minimum atomic E-state index is -1.29. The largest absolute Gasteiger partial charge is 0.496 e. The molecule has 0 aliphatic rings. The third-order valence-electron chi connectivity index (χ3n) is 2.93. The highest BCUT2D eigenvalue weighted by Gasteiger charge is 2.34. The lowest BCUT2D eigenvalue weighted by Gasteiger charge is -2.21. The van der Waals surface area contributed by atoms with Gasteiger partial charge in [0.2, 0.25) is 0 Å². The molecule has 7 nitrogen and oxygen atoms in total. The molecule has 2 rings (SSSR count). The Morgan fingerprint density at radius 3 is 2.75 bits per heavy atom. The van der Waals surface area contributed by atoms with E-state index < -0.39 is 11.5 Å². The molecule has 0 saturated carbocycles. The number of hydrogen-bond acceptors (Lipinski definition) is 5. The summed E-state index contributed by atoms with van der Waals surface area (Å²) in [6.07, 6.45) is 0. The molecule has 0 spiro atoms. The summed E-state index contributed by atoms with van der Waals surface area (Å²) >= 11 is 5.90. The molecule has 0 bridgehead atoms. The van der Waals surface area contributed by atoms with Crippen molar-refractivity contribution in [3.05, 3.63) is 23.2 Å². The Balaban J connectivity index is 2.62. The zero-order valence-electron chi connectivity index (χ0n) is 11.2. The molecule has 1 aromatic heterocycles. The molecule has 106 valence electrons. The average molecular weight is 297 g/mol. The van der Waals surface area contributed by atoms with Gasteiger partial charge in [-0.1, -0.05) is 11.6 Å². The molecule has 0 atom stereocenters. The topological polar surface area (TPSA) is 90.1 Å². The summed E-state index contributed by atoms with van der Waals surface area (Å²) in [6, 6.07) is 4.96. The first kappa shape index (κ1) is 14.3. The summed E-state index contributed by atoms with van der Waals surface area (Å²) in [5.41, 5.74) is -0.722. The lowest BCUT2D eigenvalue weighted by Crippen LogP contribution is -2.37. The van der Waals surface area contributed by atoms with E-state index in [-0.39, 0.29) is 0 Å². The second kappa shape index (κ2) is 5.09. The van der Waals surface area contributed by atoms with Crippen molar-refractivity contribution in [3.63, 3.8) is 0 Å². The van der Waals surface area contributed by atoms with Crippen molar-refractivity contribution in [2.45, 2.75) is 19.4 Å². The number of aliphatic carboxylic acids is 1. The number of benzene rings is 1. The number of rotatable bonds is 4. The zero-order chi connectivity index (χ0) is 14.9. The Labute approximate surface area is 120 Å². The van der Waals surface area contributed by atoms with Gasteiger partial charge < -0.3 is 9.84 Å². The standard InChI is InChI=1S/C12H13ClN4O3/c1-12(2,11(18)19)17-10(14-15-16-17)8-5-4-7(13)6-9(8)20-3/h4-6H,1-3H3,(H,18,19). The Kier molecular flexibility index (Phi) is 3.63. The van der Waals surface area contributed by atoms with Gasteiger partial charge in [-0.05, 0) is 42.5 Å². The number of ether oxygens (including phenoxy) is 1. The van der Waals surface area contributed by atoms with Crippen LogP contribution in [-0.4, -0.2) is 38.4 Å². The Morgan fingerprint density at radius 2 is 2.15 bits per heavy atom. The smallest absolute Gasteiger partial charge is 0.331 e. The molecule has 0 aliphatic carbocycles. The quantitative estimate of drug-likeness (QED) is 0.925. The minimum Gasteiger partial charge on any atom is -0.496 e. The molecule has 0 amide bonds. The number of carboxylic acid groups (broad SMARTS) is 1. The van der Waals surface area contributed by atoms with Gasteiger partial charge in [-0.3, -0.25) is 0 Å². The van der Waals surface area contributed by atoms with Crippen LogP contribution in [0.1, 0.15) is 13.8 Å². The van der Waals surface area contributed by atoms with Gasteiger partial charge in [-0.2, -0.15) is 0 Å². The molecule has 0 unspecified atom stereocenters. The molecular formula is C12H13ClN4O3. The number of tetrazole rings is 1. The molecule has 1 aromatic carbocycles. The molecule has 8 heteroatoms. The Hall–Kier alpha value is -2.15. The van der Waals surface area contributed by atoms with Crippen LogP contribution in [0, 0.1) is 0 Å². The van der Waals surface area contributed by atoms with E-state index in [4.69, 9.17) is 16.3 Å². The lowest BCUT2D eigenvalue weighted by atomic mass is 10.1. The third kappa shape index (κ3) is 2.32. The van der Waals surface area contributed by atoms with Gasteiger partial charge in [0.15, 0.2) is 11.4 Å². The number of halogens is 1. The highest BCUT2D eigenvalue weighted by atomic mass is 35.5. The van der Waals surface area contributed by atoms with Crippen molar-refractivity contribution in [2.75, 3.05) is 7.11 Å². The van der Waals surface area contributed by atoms with Crippen molar-refractivity contribution in [1.29, 1.82) is 0 Å². The monoisotopic (exact) mass is 296 g/mol. The number of carboxylic acids is 1. The van der Waals surface area contributed by atoms with Gasteiger partial charge in [0.05, 0.1) is 12.7 Å². The van der Waals surface area contributed by atoms with Crippen LogP contribution in [0.3, 0.4) is 0 Å². The first-order chi connectivity index (χ1) is 9.37. The van der Waals surface area contributed by atoms with Crippen LogP contribution in [0.4, 0.5) is 0 Å². The van der Waals surface area contributed by atoms with E-state index in [0.717, 1.165) is 0 Å². The summed E-state index contributed by atoms with van der Waals surface area (Å²) in [7, 11) is 1.49. The number of nitrogens with zero attached hydrogens (tertiary/aromatic N) is 4. The summed E-state index contributed by atoms with van der Waals surface area (Å²) in [4.78, 5) is 11.3. The normalized spacial score (nSPS) is 11.4. The van der Waals surface area contributed by atoms with Gasteiger partial charge in [0.25, 0.3) is 0 Å². The second-order valence-electron chi connectivity index (χ2n) is 4.62. The number of hydrogen-bond donors (Lipinski definition) is 1. The van der Waals surface area contributed by atoms with Crippen LogP contribution in [0.15, 0.2) is 18.2 Å². The van der Waals surface area contributed by atoms with Crippen molar-refractivity contribution < 1.29 is 14.6 Å². The van der Waals surface area contributed by atoms with Crippen molar-refractivity contribution in [1.82, 2.24) is 20.2 Å². The zero-order valence-corrected chi connectivity index (χ0v) is 11.9. The van der Waals surface area contributed by atoms with Crippen LogP contribution >= 0.6 is 11.6 Å². The molecule has 1 N–H and O–H groups in total. The average Bonchev–Trinajstić information content (AvgIpc) is 2.88. The van der Waals surface area contributed by atoms with Gasteiger partial charge in [-0.25, -0.2) is 9.48 Å². The van der Waals surface area contributed by atoms with Crippen LogP contribution in [-0.2, 0) is 10.3 Å². The van der Waals surface area contributed by atoms with Gasteiger partial charge in [0.1, 0.15) is 5.75 Å². The molecule has 0 radical (unpaired) electrons. The molecule has 0 fully saturated rings. The summed E-state index contributed by atoms with van der Waals surface area (Å²) in [5, 5.41) is 21.0. The third-order valence-corrected chi connectivity index (χ3v) is 3.16. The van der Waals surface area contributed by atoms with E-state index >= 15 is 0 Å². The fourth-order valence-corrected chi connectivity index (χ4v) is 1.83. The summed E-state index contributed by atoms with van der Waals surface area (Å²) in [5.74, 6) is -0.278. The maximum Gasteiger partial charge on any atom is 0.331 e. The Morgan fingerprint density at radius 1 is 1.45 bits per heavy atom. The number of aromatic nitrogens is 4. The van der Waals surface area contributed by atoms with E-state index in [1.54, 1.807) is 18.2 Å². The molecule has 1 heterocycles. The summed E-state index contributed by atoms with van der Waals surface area (Å²) in [6.45, 7) is 3.02. The maximum atomic E-state index is 11.3. The highest BCUT2D eigenvalue weighted by Crippen LogP contribution is 2.32. The predicted octanol–water partition coefficient (Wildman–Crippen LogP) is 1.82. The fraction of sp³-hybridized carbons (Fsp3) is 0.333. The van der Waals surface area contributed by atoms with Gasteiger partial charge in [0, 0.05) is 5.02 Å². The molecular weight excluding hydrogens is 284 g/mol. The van der Waals surface area contributed by atoms with E-state index in [0.29, 0.717) is 22.2 Å². The van der Waals surface area contributed by atoms with E-state index in [9.17, 15) is 9.90 Å². The molecule has 0 saturated heterocycles. The SMILES string of the molecule is COc1cc(Cl)ccc1-c1nnnn1C(C)(C)C(=O)O. The van der Waals surface area contributed by atoms with Gasteiger partial charge in [-0.15, -0.1) is 5.10 Å². The van der Waals surface area contributed by atoms with E-state index in [1.165, 1.54) is 25.6 Å².